The third-order valence-corrected chi connectivity index (χ3v) is 10.1. The second-order valence-corrected chi connectivity index (χ2v) is 14.4. The van der Waals surface area contributed by atoms with Crippen LogP contribution < -0.4 is 11.1 Å². The number of hydrogen-bond acceptors (Lipinski definition) is 13. The number of aldehydes is 1. The van der Waals surface area contributed by atoms with Crippen molar-refractivity contribution in [3.8, 4) is 12.1 Å². The third-order valence-electron chi connectivity index (χ3n) is 9.61. The third kappa shape index (κ3) is 11.9. The van der Waals surface area contributed by atoms with E-state index >= 15 is 0 Å². The van der Waals surface area contributed by atoms with Gasteiger partial charge in [-0.05, 0) is 74.1 Å². The first-order valence-corrected chi connectivity index (χ1v) is 20.4. The molecule has 0 radical (unpaired) electrons. The number of halogens is 2. The van der Waals surface area contributed by atoms with Crippen LogP contribution in [-0.4, -0.2) is 124 Å². The fraction of sp³-hybridized carbons (Fsp3) is 0.326. The number of nitriles is 2. The summed E-state index contributed by atoms with van der Waals surface area (Å²) in [5.74, 6) is 1.56. The highest BCUT2D eigenvalue weighted by Gasteiger charge is 2.15. The fourth-order valence-electron chi connectivity index (χ4n) is 6.55. The van der Waals surface area contributed by atoms with Crippen molar-refractivity contribution in [2.75, 3.05) is 84.1 Å². The van der Waals surface area contributed by atoms with Crippen LogP contribution in [0.1, 0.15) is 28.2 Å². The van der Waals surface area contributed by atoms with E-state index in [9.17, 15) is 10.1 Å². The summed E-state index contributed by atoms with van der Waals surface area (Å²) >= 11 is 11.0. The van der Waals surface area contributed by atoms with E-state index in [1.807, 2.05) is 71.1 Å². The van der Waals surface area contributed by atoms with Gasteiger partial charge in [0.15, 0.2) is 11.9 Å². The number of carbonyl (C=O) groups excluding carboxylic acids is 1. The van der Waals surface area contributed by atoms with Gasteiger partial charge in [-0.2, -0.15) is 10.5 Å². The lowest BCUT2D eigenvalue weighted by Crippen LogP contribution is -2.39. The van der Waals surface area contributed by atoms with Crippen molar-refractivity contribution in [1.82, 2.24) is 39.1 Å². The topological polar surface area (TPSA) is 199 Å². The number of H-pyrrole nitrogens is 1. The summed E-state index contributed by atoms with van der Waals surface area (Å²) in [4.78, 5) is 35.4. The Morgan fingerprint density at radius 1 is 0.817 bits per heavy atom. The van der Waals surface area contributed by atoms with Crippen molar-refractivity contribution >= 4 is 74.1 Å². The van der Waals surface area contributed by atoms with Crippen LogP contribution in [-0.2, 0) is 15.9 Å². The molecule has 310 valence electrons. The summed E-state index contributed by atoms with van der Waals surface area (Å²) in [5, 5.41) is 22.8. The van der Waals surface area contributed by atoms with Gasteiger partial charge in [-0.3, -0.25) is 19.0 Å². The number of nitrogens with two attached hydrogens (primary N) is 1. The Morgan fingerprint density at radius 2 is 1.52 bits per heavy atom. The predicted octanol–water partition coefficient (Wildman–Crippen LogP) is 6.15. The number of para-hydroxylation sites is 4. The van der Waals surface area contributed by atoms with Gasteiger partial charge in [0.25, 0.3) is 0 Å². The molecule has 7 heterocycles. The molecule has 0 bridgehead atoms. The molecule has 0 unspecified atom stereocenters. The average molecular weight is 850 g/mol. The Hall–Kier alpha value is -5.75. The number of morpholine rings is 2. The van der Waals surface area contributed by atoms with E-state index in [1.54, 1.807) is 0 Å². The normalized spacial score (nSPS) is 14.2. The second-order valence-electron chi connectivity index (χ2n) is 13.7. The highest BCUT2D eigenvalue weighted by molar-refractivity contribution is 6.33. The minimum Gasteiger partial charge on any atom is -0.379 e. The van der Waals surface area contributed by atoms with Crippen molar-refractivity contribution in [3.63, 3.8) is 0 Å². The zero-order valence-electron chi connectivity index (χ0n) is 33.1. The molecule has 0 atom stereocenters. The van der Waals surface area contributed by atoms with Gasteiger partial charge in [0.05, 0.1) is 72.1 Å². The molecule has 7 aromatic rings. The number of benzene rings is 2. The maximum atomic E-state index is 10.2. The molecule has 0 saturated carbocycles. The van der Waals surface area contributed by atoms with E-state index in [4.69, 9.17) is 48.7 Å². The van der Waals surface area contributed by atoms with E-state index in [-0.39, 0.29) is 10.3 Å². The van der Waals surface area contributed by atoms with Gasteiger partial charge in [-0.1, -0.05) is 47.5 Å². The quantitative estimate of drug-likeness (QED) is 0.111. The lowest BCUT2D eigenvalue weighted by molar-refractivity contribution is 0.0377. The Bertz CT molecular complexity index is 2540. The number of nitrogens with zero attached hydrogens (tertiary/aromatic N) is 9. The Kier molecular flexibility index (Phi) is 16.5. The molecule has 17 heteroatoms. The van der Waals surface area contributed by atoms with E-state index in [0.29, 0.717) is 29.5 Å². The van der Waals surface area contributed by atoms with E-state index < -0.39 is 0 Å². The van der Waals surface area contributed by atoms with Crippen LogP contribution in [0.3, 0.4) is 0 Å². The molecular weight excluding hydrogens is 803 g/mol. The van der Waals surface area contributed by atoms with Gasteiger partial charge in [-0.25, -0.2) is 19.9 Å². The Morgan fingerprint density at radius 3 is 2.18 bits per heavy atom. The first kappa shape index (κ1) is 43.8. The molecule has 2 aliphatic heterocycles. The minimum absolute atomic E-state index is 0.141. The first-order chi connectivity index (χ1) is 29.4. The number of ether oxygens (including phenoxy) is 2. The van der Waals surface area contributed by atoms with Crippen molar-refractivity contribution in [2.45, 2.75) is 12.8 Å². The molecule has 60 heavy (non-hydrogen) atoms. The van der Waals surface area contributed by atoms with Gasteiger partial charge in [0, 0.05) is 44.7 Å². The van der Waals surface area contributed by atoms with Gasteiger partial charge in [0.1, 0.15) is 33.7 Å². The van der Waals surface area contributed by atoms with Crippen LogP contribution in [0.5, 0.6) is 0 Å². The number of aromatic amines is 1. The summed E-state index contributed by atoms with van der Waals surface area (Å²) < 4.78 is 12.6. The molecule has 0 spiro atoms. The SMILES string of the molecule is N#CCc1nc2ccccc2[nH]1.N#Cc1cc2ccc(NCCN3CCOCC3)nc2n2c1nc1ccccc12.NCCCN1CCOCC1.O=Cc1ccc(Cl)nc1Cl. The zero-order chi connectivity index (χ0) is 42.1. The standard InChI is InChI=1S/C21H20N6O.C9H7N3.C7H16N2O.C6H3Cl2NO/c22-14-16-13-15-5-6-19(23-7-8-26-9-11-28-12-10-26)25-20(15)27-18-4-2-1-3-17(18)24-21(16)27;10-6-5-9-11-7-3-1-2-4-8(7)12-9;8-2-1-3-9-4-6-10-7-5-9;7-5-2-1-4(3-10)6(8)9-5/h1-6,13H,7-12H2,(H,23,25);1-4H,5H2,(H,11,12);1-8H2;1-3H. The van der Waals surface area contributed by atoms with Gasteiger partial charge in [-0.15, -0.1) is 0 Å². The number of pyridine rings is 3. The molecule has 4 N–H and O–H groups in total. The fourth-order valence-corrected chi connectivity index (χ4v) is 6.94. The molecule has 0 aliphatic carbocycles. The highest BCUT2D eigenvalue weighted by Crippen LogP contribution is 2.26. The summed E-state index contributed by atoms with van der Waals surface area (Å²) in [5.41, 5.74) is 11.5. The number of anilines is 1. The number of carbonyl (C=O) groups is 1. The number of imidazole rings is 2. The predicted molar refractivity (Wildman–Crippen MR) is 234 cm³/mol. The van der Waals surface area contributed by atoms with Gasteiger partial charge in [0.2, 0.25) is 0 Å². The summed E-state index contributed by atoms with van der Waals surface area (Å²) in [6.45, 7) is 11.2. The van der Waals surface area contributed by atoms with E-state index in [1.165, 1.54) is 12.1 Å². The summed E-state index contributed by atoms with van der Waals surface area (Å²) in [7, 11) is 0. The molecule has 2 saturated heterocycles. The number of rotatable bonds is 9. The molecular formula is C43H46Cl2N12O3. The Labute approximate surface area is 357 Å². The lowest BCUT2D eigenvalue weighted by Gasteiger charge is -2.26. The Balaban J connectivity index is 0.000000155. The largest absolute Gasteiger partial charge is 0.379 e. The first-order valence-electron chi connectivity index (χ1n) is 19.6. The average Bonchev–Trinajstić information content (AvgIpc) is 3.89. The van der Waals surface area contributed by atoms with E-state index in [0.717, 1.165) is 130 Å². The van der Waals surface area contributed by atoms with Gasteiger partial charge < -0.3 is 25.5 Å². The summed E-state index contributed by atoms with van der Waals surface area (Å²) in [6, 6.07) is 28.8. The molecule has 9 rings (SSSR count). The molecule has 0 amide bonds. The van der Waals surface area contributed by atoms with Crippen LogP contribution in [0.15, 0.2) is 78.9 Å². The maximum Gasteiger partial charge on any atom is 0.157 e. The van der Waals surface area contributed by atoms with Crippen molar-refractivity contribution < 1.29 is 14.3 Å². The molecule has 2 aliphatic rings. The van der Waals surface area contributed by atoms with Crippen LogP contribution in [0, 0.1) is 22.7 Å². The minimum atomic E-state index is 0.141. The highest BCUT2D eigenvalue weighted by atomic mass is 35.5. The molecule has 5 aromatic heterocycles. The zero-order valence-corrected chi connectivity index (χ0v) is 34.6. The van der Waals surface area contributed by atoms with Gasteiger partial charge >= 0.3 is 0 Å². The number of hydrogen-bond donors (Lipinski definition) is 3. The van der Waals surface area contributed by atoms with Crippen molar-refractivity contribution in [2.24, 2.45) is 5.73 Å². The van der Waals surface area contributed by atoms with Crippen LogP contribution in [0.2, 0.25) is 10.3 Å². The maximum absolute atomic E-state index is 10.2. The number of fused-ring (bicyclic) bond motifs is 6. The van der Waals surface area contributed by atoms with E-state index in [2.05, 4.69) is 47.2 Å². The van der Waals surface area contributed by atoms with Crippen LogP contribution in [0.25, 0.3) is 38.7 Å². The van der Waals surface area contributed by atoms with Crippen molar-refractivity contribution in [3.05, 3.63) is 106 Å². The molecule has 15 nitrogen and oxygen atoms in total. The van der Waals surface area contributed by atoms with Crippen LogP contribution in [0.4, 0.5) is 5.82 Å². The molecule has 2 aromatic carbocycles. The number of nitrogens with one attached hydrogen (secondary N) is 2. The van der Waals surface area contributed by atoms with Crippen molar-refractivity contribution in [1.29, 1.82) is 10.5 Å². The summed E-state index contributed by atoms with van der Waals surface area (Å²) in [6.07, 6.45) is 2.08. The monoisotopic (exact) mass is 848 g/mol. The molecule has 2 fully saturated rings. The second kappa shape index (κ2) is 22.6. The van der Waals surface area contributed by atoms with Crippen LogP contribution >= 0.6 is 23.2 Å². The smallest absolute Gasteiger partial charge is 0.157 e. The number of aromatic nitrogens is 6. The lowest BCUT2D eigenvalue weighted by atomic mass is 10.2.